The highest BCUT2D eigenvalue weighted by atomic mass is 16.5. The van der Waals surface area contributed by atoms with E-state index >= 15 is 0 Å². The number of methoxy groups -OCH3 is 2. The number of para-hydroxylation sites is 1. The second kappa shape index (κ2) is 8.36. The summed E-state index contributed by atoms with van der Waals surface area (Å²) in [5.74, 6) is -0.634. The van der Waals surface area contributed by atoms with E-state index in [0.717, 1.165) is 0 Å². The third-order valence-electron chi connectivity index (χ3n) is 2.42. The lowest BCUT2D eigenvalue weighted by atomic mass is 10.2. The molecule has 0 aliphatic heterocycles. The number of amides is 2. The van der Waals surface area contributed by atoms with Gasteiger partial charge in [-0.25, -0.2) is 5.43 Å². The number of nitrogens with one attached hydrogen (secondary N) is 2. The Morgan fingerprint density at radius 3 is 2.67 bits per heavy atom. The number of nitrogens with zero attached hydrogens (tertiary/aromatic N) is 1. The number of hydrazone groups is 1. The Kier molecular flexibility index (Phi) is 6.46. The zero-order valence-electron chi connectivity index (χ0n) is 11.9. The van der Waals surface area contributed by atoms with Gasteiger partial charge in [0.05, 0.1) is 20.4 Å². The summed E-state index contributed by atoms with van der Waals surface area (Å²) in [6.07, 6.45) is 2.83. The number of rotatable bonds is 6. The Morgan fingerprint density at radius 1 is 1.29 bits per heavy atom. The lowest BCUT2D eigenvalue weighted by Crippen LogP contribution is -2.37. The fourth-order valence-corrected chi connectivity index (χ4v) is 1.47. The highest BCUT2D eigenvalue weighted by molar-refractivity contribution is 6.35. The van der Waals surface area contributed by atoms with Crippen molar-refractivity contribution in [3.05, 3.63) is 36.4 Å². The Labute approximate surface area is 122 Å². The first-order valence-electron chi connectivity index (χ1n) is 6.07. The van der Waals surface area contributed by atoms with Gasteiger partial charge in [0, 0.05) is 12.1 Å². The van der Waals surface area contributed by atoms with E-state index in [0.29, 0.717) is 17.1 Å². The maximum Gasteiger partial charge on any atom is 0.329 e. The summed E-state index contributed by atoms with van der Waals surface area (Å²) in [5.41, 5.74) is 2.72. The number of ether oxygens (including phenoxy) is 2. The van der Waals surface area contributed by atoms with Gasteiger partial charge in [-0.1, -0.05) is 12.1 Å². The van der Waals surface area contributed by atoms with Crippen LogP contribution in [-0.2, 0) is 9.59 Å². The number of carbonyl (C=O) groups excluding carboxylic acids is 2. The average molecular weight is 291 g/mol. The van der Waals surface area contributed by atoms with Gasteiger partial charge < -0.3 is 14.8 Å². The number of benzene rings is 1. The zero-order chi connectivity index (χ0) is 15.7. The smallest absolute Gasteiger partial charge is 0.329 e. The molecule has 7 heteroatoms. The van der Waals surface area contributed by atoms with Crippen LogP contribution in [0.15, 0.2) is 36.0 Å². The second-order valence-electron chi connectivity index (χ2n) is 3.78. The molecule has 1 aromatic carbocycles. The largest absolute Gasteiger partial charge is 0.493 e. The van der Waals surface area contributed by atoms with Crippen molar-refractivity contribution in [2.75, 3.05) is 20.8 Å². The first kappa shape index (κ1) is 16.2. The van der Waals surface area contributed by atoms with Crippen LogP contribution in [0.1, 0.15) is 5.56 Å². The highest BCUT2D eigenvalue weighted by Crippen LogP contribution is 2.29. The van der Waals surface area contributed by atoms with Crippen molar-refractivity contribution in [1.29, 1.82) is 0 Å². The van der Waals surface area contributed by atoms with Crippen molar-refractivity contribution >= 4 is 18.0 Å². The van der Waals surface area contributed by atoms with Gasteiger partial charge in [-0.2, -0.15) is 5.10 Å². The van der Waals surface area contributed by atoms with E-state index in [9.17, 15) is 9.59 Å². The zero-order valence-corrected chi connectivity index (χ0v) is 11.9. The third-order valence-corrected chi connectivity index (χ3v) is 2.42. The predicted octanol–water partition coefficient (Wildman–Crippen LogP) is 0.456. The van der Waals surface area contributed by atoms with Crippen molar-refractivity contribution in [2.24, 2.45) is 5.10 Å². The van der Waals surface area contributed by atoms with Crippen LogP contribution < -0.4 is 20.2 Å². The van der Waals surface area contributed by atoms with Crippen LogP contribution in [0.25, 0.3) is 0 Å². The molecule has 0 fully saturated rings. The maximum atomic E-state index is 11.4. The fourth-order valence-electron chi connectivity index (χ4n) is 1.47. The molecule has 0 bridgehead atoms. The molecule has 0 aliphatic carbocycles. The Hall–Kier alpha value is -2.83. The van der Waals surface area contributed by atoms with Crippen LogP contribution in [0, 0.1) is 0 Å². The van der Waals surface area contributed by atoms with Gasteiger partial charge in [0.15, 0.2) is 11.5 Å². The van der Waals surface area contributed by atoms with Gasteiger partial charge in [0.2, 0.25) is 0 Å². The van der Waals surface area contributed by atoms with Crippen LogP contribution >= 0.6 is 0 Å². The monoisotopic (exact) mass is 291 g/mol. The summed E-state index contributed by atoms with van der Waals surface area (Å²) in [4.78, 5) is 22.7. The molecule has 0 saturated carbocycles. The third kappa shape index (κ3) is 4.64. The highest BCUT2D eigenvalue weighted by Gasteiger charge is 2.11. The number of hydrogen-bond donors (Lipinski definition) is 2. The molecule has 112 valence electrons. The van der Waals surface area contributed by atoms with E-state index in [-0.39, 0.29) is 6.54 Å². The van der Waals surface area contributed by atoms with Crippen LogP contribution in [0.3, 0.4) is 0 Å². The molecular formula is C14H17N3O4. The van der Waals surface area contributed by atoms with Gasteiger partial charge in [-0.3, -0.25) is 9.59 Å². The van der Waals surface area contributed by atoms with E-state index in [4.69, 9.17) is 9.47 Å². The van der Waals surface area contributed by atoms with Crippen molar-refractivity contribution in [3.8, 4) is 11.5 Å². The molecule has 0 heterocycles. The molecule has 0 aromatic heterocycles. The summed E-state index contributed by atoms with van der Waals surface area (Å²) in [6, 6.07) is 5.22. The Morgan fingerprint density at radius 2 is 2.05 bits per heavy atom. The fraction of sp³-hybridized carbons (Fsp3) is 0.214. The van der Waals surface area contributed by atoms with Crippen molar-refractivity contribution in [2.45, 2.75) is 0 Å². The summed E-state index contributed by atoms with van der Waals surface area (Å²) in [5, 5.41) is 6.04. The minimum absolute atomic E-state index is 0.208. The predicted molar refractivity (Wildman–Crippen MR) is 78.5 cm³/mol. The average Bonchev–Trinajstić information content (AvgIpc) is 2.51. The van der Waals surface area contributed by atoms with Crippen molar-refractivity contribution in [1.82, 2.24) is 10.7 Å². The minimum Gasteiger partial charge on any atom is -0.493 e. The first-order valence-corrected chi connectivity index (χ1v) is 6.07. The molecular weight excluding hydrogens is 274 g/mol. The summed E-state index contributed by atoms with van der Waals surface area (Å²) in [6.45, 7) is 3.64. The molecule has 2 amide bonds. The normalized spacial score (nSPS) is 10.0. The minimum atomic E-state index is -0.866. The number of hydrogen-bond acceptors (Lipinski definition) is 5. The van der Waals surface area contributed by atoms with Crippen LogP contribution in [0.5, 0.6) is 11.5 Å². The Bertz CT molecular complexity index is 555. The second-order valence-corrected chi connectivity index (χ2v) is 3.78. The lowest BCUT2D eigenvalue weighted by Gasteiger charge is -2.09. The molecule has 0 aliphatic rings. The molecule has 7 nitrogen and oxygen atoms in total. The molecule has 2 N–H and O–H groups in total. The molecule has 0 unspecified atom stereocenters. The molecule has 21 heavy (non-hydrogen) atoms. The van der Waals surface area contributed by atoms with E-state index < -0.39 is 11.8 Å². The van der Waals surface area contributed by atoms with Gasteiger partial charge in [0.25, 0.3) is 0 Å². The molecule has 0 saturated heterocycles. The Balaban J connectivity index is 2.71. The summed E-state index contributed by atoms with van der Waals surface area (Å²) >= 11 is 0. The maximum absolute atomic E-state index is 11.4. The van der Waals surface area contributed by atoms with Crippen LogP contribution in [-0.4, -0.2) is 38.8 Å². The van der Waals surface area contributed by atoms with Gasteiger partial charge >= 0.3 is 11.8 Å². The van der Waals surface area contributed by atoms with Gasteiger partial charge in [-0.15, -0.1) is 6.58 Å². The first-order chi connectivity index (χ1) is 10.1. The van der Waals surface area contributed by atoms with E-state index in [1.807, 2.05) is 0 Å². The number of carbonyl (C=O) groups is 2. The van der Waals surface area contributed by atoms with Gasteiger partial charge in [0.1, 0.15) is 0 Å². The van der Waals surface area contributed by atoms with Gasteiger partial charge in [-0.05, 0) is 12.1 Å². The van der Waals surface area contributed by atoms with E-state index in [2.05, 4.69) is 22.4 Å². The molecule has 1 aromatic rings. The SMILES string of the molecule is C=CCNC(=O)C(=O)N/N=C/c1cccc(OC)c1OC. The molecule has 0 radical (unpaired) electrons. The molecule has 0 atom stereocenters. The molecule has 1 rings (SSSR count). The summed E-state index contributed by atoms with van der Waals surface area (Å²) in [7, 11) is 3.01. The molecule has 0 spiro atoms. The summed E-state index contributed by atoms with van der Waals surface area (Å²) < 4.78 is 10.3. The van der Waals surface area contributed by atoms with Crippen molar-refractivity contribution in [3.63, 3.8) is 0 Å². The quantitative estimate of drug-likeness (QED) is 0.345. The van der Waals surface area contributed by atoms with Crippen LogP contribution in [0.4, 0.5) is 0 Å². The van der Waals surface area contributed by atoms with Crippen LogP contribution in [0.2, 0.25) is 0 Å². The van der Waals surface area contributed by atoms with Crippen molar-refractivity contribution < 1.29 is 19.1 Å². The standard InChI is InChI=1S/C14H17N3O4/c1-4-8-15-13(18)14(19)17-16-9-10-6-5-7-11(20-2)12(10)21-3/h4-7,9H,1,8H2,2-3H3,(H,15,18)(H,17,19)/b16-9+. The lowest BCUT2D eigenvalue weighted by molar-refractivity contribution is -0.139. The topological polar surface area (TPSA) is 89.0 Å². The van der Waals surface area contributed by atoms with E-state index in [1.165, 1.54) is 26.5 Å². The van der Waals surface area contributed by atoms with E-state index in [1.54, 1.807) is 18.2 Å².